The number of nitrogens with one attached hydrogen (secondary N) is 3. The highest BCUT2D eigenvalue weighted by atomic mass is 16.1. The Balaban J connectivity index is 2.91. The van der Waals surface area contributed by atoms with Gasteiger partial charge in [-0.3, -0.25) is 4.79 Å². The SMILES string of the molecule is C=C(NC(C)=O)C(Nc1ccc(C=N)cc1)/C(C)=C/C. The van der Waals surface area contributed by atoms with Crippen molar-refractivity contribution in [2.24, 2.45) is 0 Å². The highest BCUT2D eigenvalue weighted by Gasteiger charge is 2.15. The molecule has 4 nitrogen and oxygen atoms in total. The first-order chi connectivity index (χ1) is 9.47. The molecule has 4 heteroatoms. The van der Waals surface area contributed by atoms with Crippen LogP contribution in [0.4, 0.5) is 5.69 Å². The number of rotatable bonds is 6. The summed E-state index contributed by atoms with van der Waals surface area (Å²) >= 11 is 0. The molecule has 0 heterocycles. The van der Waals surface area contributed by atoms with Crippen molar-refractivity contribution in [1.29, 1.82) is 5.41 Å². The summed E-state index contributed by atoms with van der Waals surface area (Å²) < 4.78 is 0. The maximum atomic E-state index is 11.2. The summed E-state index contributed by atoms with van der Waals surface area (Å²) in [5.41, 5.74) is 3.44. The second kappa shape index (κ2) is 7.28. The lowest BCUT2D eigenvalue weighted by atomic mass is 10.0. The summed E-state index contributed by atoms with van der Waals surface area (Å²) in [6.07, 6.45) is 3.28. The molecule has 106 valence electrons. The van der Waals surface area contributed by atoms with Crippen LogP contribution in [0.2, 0.25) is 0 Å². The van der Waals surface area contributed by atoms with E-state index in [1.54, 1.807) is 0 Å². The third-order valence-electron chi connectivity index (χ3n) is 2.98. The topological polar surface area (TPSA) is 65.0 Å². The summed E-state index contributed by atoms with van der Waals surface area (Å²) in [5, 5.41) is 13.2. The average molecular weight is 271 g/mol. The zero-order valence-electron chi connectivity index (χ0n) is 12.2. The van der Waals surface area contributed by atoms with Crippen LogP contribution in [0.15, 0.2) is 48.2 Å². The van der Waals surface area contributed by atoms with Crippen molar-refractivity contribution < 1.29 is 4.79 Å². The van der Waals surface area contributed by atoms with Gasteiger partial charge < -0.3 is 16.0 Å². The summed E-state index contributed by atoms with van der Waals surface area (Å²) in [7, 11) is 0. The van der Waals surface area contributed by atoms with Crippen LogP contribution in [-0.2, 0) is 4.79 Å². The smallest absolute Gasteiger partial charge is 0.221 e. The van der Waals surface area contributed by atoms with E-state index in [-0.39, 0.29) is 11.9 Å². The van der Waals surface area contributed by atoms with Crippen LogP contribution < -0.4 is 10.6 Å². The van der Waals surface area contributed by atoms with E-state index >= 15 is 0 Å². The van der Waals surface area contributed by atoms with E-state index in [0.29, 0.717) is 5.70 Å². The van der Waals surface area contributed by atoms with E-state index < -0.39 is 0 Å². The number of allylic oxidation sites excluding steroid dienone is 1. The fraction of sp³-hybridized carbons (Fsp3) is 0.250. The Morgan fingerprint density at radius 2 is 1.90 bits per heavy atom. The fourth-order valence-electron chi connectivity index (χ4n) is 1.78. The van der Waals surface area contributed by atoms with Gasteiger partial charge in [0.25, 0.3) is 0 Å². The molecule has 1 unspecified atom stereocenters. The molecule has 0 spiro atoms. The summed E-state index contributed by atoms with van der Waals surface area (Å²) in [4.78, 5) is 11.2. The van der Waals surface area contributed by atoms with Gasteiger partial charge in [-0.15, -0.1) is 0 Å². The van der Waals surface area contributed by atoms with Gasteiger partial charge in [0, 0.05) is 24.5 Å². The summed E-state index contributed by atoms with van der Waals surface area (Å²) in [6, 6.07) is 7.36. The van der Waals surface area contributed by atoms with Gasteiger partial charge in [-0.05, 0) is 37.1 Å². The quantitative estimate of drug-likeness (QED) is 0.550. The van der Waals surface area contributed by atoms with Crippen molar-refractivity contribution in [2.75, 3.05) is 5.32 Å². The van der Waals surface area contributed by atoms with Gasteiger partial charge >= 0.3 is 0 Å². The molecule has 0 fully saturated rings. The van der Waals surface area contributed by atoms with E-state index in [2.05, 4.69) is 17.2 Å². The normalized spacial score (nSPS) is 12.4. The molecule has 1 rings (SSSR count). The van der Waals surface area contributed by atoms with Crippen molar-refractivity contribution in [3.8, 4) is 0 Å². The van der Waals surface area contributed by atoms with Crippen molar-refractivity contribution in [1.82, 2.24) is 5.32 Å². The molecule has 0 aliphatic carbocycles. The molecule has 1 amide bonds. The van der Waals surface area contributed by atoms with Crippen LogP contribution in [0.1, 0.15) is 26.3 Å². The first-order valence-corrected chi connectivity index (χ1v) is 6.44. The zero-order chi connectivity index (χ0) is 15.1. The molecule has 1 aromatic carbocycles. The molecule has 20 heavy (non-hydrogen) atoms. The molecule has 0 aromatic heterocycles. The lowest BCUT2D eigenvalue weighted by molar-refractivity contribution is -0.118. The maximum absolute atomic E-state index is 11.2. The first kappa shape index (κ1) is 15.7. The van der Waals surface area contributed by atoms with Crippen LogP contribution in [0.25, 0.3) is 0 Å². The predicted octanol–water partition coefficient (Wildman–Crippen LogP) is 3.08. The molecule has 0 aliphatic rings. The number of carbonyl (C=O) groups is 1. The Bertz CT molecular complexity index is 529. The monoisotopic (exact) mass is 271 g/mol. The predicted molar refractivity (Wildman–Crippen MR) is 84.1 cm³/mol. The lowest BCUT2D eigenvalue weighted by Crippen LogP contribution is -2.33. The summed E-state index contributed by atoms with van der Waals surface area (Å²) in [6.45, 7) is 9.32. The Labute approximate surface area is 120 Å². The maximum Gasteiger partial charge on any atom is 0.221 e. The van der Waals surface area contributed by atoms with Crippen LogP contribution in [-0.4, -0.2) is 18.2 Å². The Morgan fingerprint density at radius 1 is 1.30 bits per heavy atom. The molecular formula is C16H21N3O. The van der Waals surface area contributed by atoms with Crippen LogP contribution in [0.5, 0.6) is 0 Å². The van der Waals surface area contributed by atoms with Gasteiger partial charge in [0.2, 0.25) is 5.91 Å². The molecule has 0 radical (unpaired) electrons. The molecular weight excluding hydrogens is 250 g/mol. The number of carbonyl (C=O) groups excluding carboxylic acids is 1. The van der Waals surface area contributed by atoms with Crippen molar-refractivity contribution in [2.45, 2.75) is 26.8 Å². The van der Waals surface area contributed by atoms with Gasteiger partial charge in [-0.25, -0.2) is 0 Å². The standard InChI is InChI=1S/C16H21N3O/c1-5-11(2)16(12(3)18-13(4)20)19-15-8-6-14(10-17)7-9-15/h5-10,16-17,19H,3H2,1-2,4H3,(H,18,20)/b11-5+,17-10?. The number of hydrogen-bond acceptors (Lipinski definition) is 3. The summed E-state index contributed by atoms with van der Waals surface area (Å²) in [5.74, 6) is -0.134. The number of hydrogen-bond donors (Lipinski definition) is 3. The number of benzene rings is 1. The molecule has 1 atom stereocenters. The van der Waals surface area contributed by atoms with Gasteiger partial charge in [-0.1, -0.05) is 24.8 Å². The number of anilines is 1. The Hall–Kier alpha value is -2.36. The van der Waals surface area contributed by atoms with Crippen molar-refractivity contribution in [3.63, 3.8) is 0 Å². The van der Waals surface area contributed by atoms with Crippen LogP contribution in [0.3, 0.4) is 0 Å². The van der Waals surface area contributed by atoms with Gasteiger partial charge in [0.15, 0.2) is 0 Å². The third kappa shape index (κ3) is 4.39. The highest BCUT2D eigenvalue weighted by Crippen LogP contribution is 2.17. The largest absolute Gasteiger partial charge is 0.373 e. The zero-order valence-corrected chi connectivity index (χ0v) is 12.2. The van der Waals surface area contributed by atoms with E-state index in [1.807, 2.05) is 44.2 Å². The Morgan fingerprint density at radius 3 is 2.35 bits per heavy atom. The lowest BCUT2D eigenvalue weighted by Gasteiger charge is -2.23. The highest BCUT2D eigenvalue weighted by molar-refractivity contribution is 5.78. The van der Waals surface area contributed by atoms with Crippen molar-refractivity contribution in [3.05, 3.63) is 53.8 Å². The van der Waals surface area contributed by atoms with Crippen molar-refractivity contribution >= 4 is 17.8 Å². The molecule has 3 N–H and O–H groups in total. The molecule has 0 saturated heterocycles. The molecule has 0 aliphatic heterocycles. The van der Waals surface area contributed by atoms with Crippen LogP contribution in [0, 0.1) is 5.41 Å². The molecule has 0 saturated carbocycles. The van der Waals surface area contributed by atoms with Crippen LogP contribution >= 0.6 is 0 Å². The van der Waals surface area contributed by atoms with Gasteiger partial charge in [0.05, 0.1) is 6.04 Å². The molecule has 0 bridgehead atoms. The second-order valence-electron chi connectivity index (χ2n) is 4.58. The fourth-order valence-corrected chi connectivity index (χ4v) is 1.78. The first-order valence-electron chi connectivity index (χ1n) is 6.44. The minimum Gasteiger partial charge on any atom is -0.373 e. The van der Waals surface area contributed by atoms with E-state index in [4.69, 9.17) is 5.41 Å². The van der Waals surface area contributed by atoms with E-state index in [9.17, 15) is 4.79 Å². The number of amides is 1. The van der Waals surface area contributed by atoms with Gasteiger partial charge in [-0.2, -0.15) is 0 Å². The third-order valence-corrected chi connectivity index (χ3v) is 2.98. The molecule has 1 aromatic rings. The van der Waals surface area contributed by atoms with E-state index in [1.165, 1.54) is 13.1 Å². The van der Waals surface area contributed by atoms with E-state index in [0.717, 1.165) is 16.8 Å². The average Bonchev–Trinajstić information content (AvgIpc) is 2.43. The van der Waals surface area contributed by atoms with Gasteiger partial charge in [0.1, 0.15) is 0 Å². The second-order valence-corrected chi connectivity index (χ2v) is 4.58. The Kier molecular flexibility index (Phi) is 5.72. The minimum absolute atomic E-state index is 0.134. The minimum atomic E-state index is -0.158.